The summed E-state index contributed by atoms with van der Waals surface area (Å²) in [5.41, 5.74) is 4.26. The summed E-state index contributed by atoms with van der Waals surface area (Å²) in [6.45, 7) is 2.49. The fraction of sp³-hybridized carbons (Fsp3) is 0.304. The van der Waals surface area contributed by atoms with E-state index < -0.39 is 5.82 Å². The Kier molecular flexibility index (Phi) is 4.87. The Hall–Kier alpha value is -3.13. The molecule has 0 N–H and O–H groups in total. The number of fused-ring (bicyclic) bond motifs is 2. The zero-order chi connectivity index (χ0) is 19.7. The van der Waals surface area contributed by atoms with Gasteiger partial charge < -0.3 is 9.47 Å². The molecule has 0 atom stereocenters. The van der Waals surface area contributed by atoms with Crippen LogP contribution in [0.15, 0.2) is 42.0 Å². The first kappa shape index (κ1) is 18.2. The predicted octanol–water partition coefficient (Wildman–Crippen LogP) is 5.02. The van der Waals surface area contributed by atoms with Crippen LogP contribution in [0.2, 0.25) is 0 Å². The summed E-state index contributed by atoms with van der Waals surface area (Å²) in [6, 6.07) is 12.1. The van der Waals surface area contributed by atoms with Crippen LogP contribution in [0.1, 0.15) is 53.2 Å². The molecule has 2 aliphatic rings. The molecule has 28 heavy (non-hydrogen) atoms. The van der Waals surface area contributed by atoms with Crippen molar-refractivity contribution < 1.29 is 18.7 Å². The van der Waals surface area contributed by atoms with Gasteiger partial charge in [-0.15, -0.1) is 0 Å². The molecule has 4 nitrogen and oxygen atoms in total. The van der Waals surface area contributed by atoms with Crippen LogP contribution in [0, 0.1) is 23.1 Å². The van der Waals surface area contributed by atoms with E-state index in [9.17, 15) is 14.4 Å². The standard InChI is InChI=1S/C23H20FNO3/c1-2-9-27-23(26)15-5-7-18-16(10-15)13-28-21-11-17(24)6-8-19(21)22(18)20(12-25)14-3-4-14/h5-8,10-11,14H,2-4,9,13H2,1H3/b22-20-. The highest BCUT2D eigenvalue weighted by Crippen LogP contribution is 2.46. The lowest BCUT2D eigenvalue weighted by Crippen LogP contribution is -2.08. The van der Waals surface area contributed by atoms with Crippen molar-refractivity contribution in [2.24, 2.45) is 5.92 Å². The first-order chi connectivity index (χ1) is 13.6. The second kappa shape index (κ2) is 7.47. The molecule has 0 amide bonds. The Balaban J connectivity index is 1.86. The molecule has 5 heteroatoms. The molecule has 0 unspecified atom stereocenters. The SMILES string of the molecule is CCCOC(=O)c1ccc2c(c1)COc1cc(F)ccc1/C2=C(/C#N)C1CC1. The number of hydrogen-bond acceptors (Lipinski definition) is 4. The average Bonchev–Trinajstić information content (AvgIpc) is 3.54. The van der Waals surface area contributed by atoms with Gasteiger partial charge in [0.2, 0.25) is 0 Å². The third-order valence-electron chi connectivity index (χ3n) is 5.02. The number of ether oxygens (including phenoxy) is 2. The van der Waals surface area contributed by atoms with Crippen LogP contribution in [0.3, 0.4) is 0 Å². The lowest BCUT2D eigenvalue weighted by Gasteiger charge is -2.14. The molecule has 0 aromatic heterocycles. The molecule has 1 aliphatic heterocycles. The van der Waals surface area contributed by atoms with E-state index in [1.807, 2.05) is 13.0 Å². The fourth-order valence-corrected chi connectivity index (χ4v) is 3.50. The molecule has 0 bridgehead atoms. The van der Waals surface area contributed by atoms with Crippen LogP contribution < -0.4 is 4.74 Å². The van der Waals surface area contributed by atoms with Crippen molar-refractivity contribution in [2.75, 3.05) is 6.61 Å². The van der Waals surface area contributed by atoms with Crippen LogP contribution in [-0.4, -0.2) is 12.6 Å². The molecular weight excluding hydrogens is 357 g/mol. The van der Waals surface area contributed by atoms with Crippen molar-refractivity contribution in [1.82, 2.24) is 0 Å². The number of benzene rings is 2. The number of nitrogens with zero attached hydrogens (tertiary/aromatic N) is 1. The van der Waals surface area contributed by atoms with Gasteiger partial charge in [-0.25, -0.2) is 9.18 Å². The third-order valence-corrected chi connectivity index (χ3v) is 5.02. The summed E-state index contributed by atoms with van der Waals surface area (Å²) in [6.07, 6.45) is 2.70. The lowest BCUT2D eigenvalue weighted by molar-refractivity contribution is 0.0505. The minimum Gasteiger partial charge on any atom is -0.488 e. The van der Waals surface area contributed by atoms with Crippen LogP contribution in [0.25, 0.3) is 5.57 Å². The molecule has 4 rings (SSSR count). The monoisotopic (exact) mass is 377 g/mol. The summed E-state index contributed by atoms with van der Waals surface area (Å²) < 4.78 is 24.9. The number of allylic oxidation sites excluding steroid dienone is 1. The van der Waals surface area contributed by atoms with E-state index in [-0.39, 0.29) is 18.5 Å². The molecule has 1 heterocycles. The number of esters is 1. The maximum absolute atomic E-state index is 13.8. The number of nitriles is 1. The summed E-state index contributed by atoms with van der Waals surface area (Å²) in [4.78, 5) is 12.3. The van der Waals surface area contributed by atoms with E-state index in [2.05, 4.69) is 6.07 Å². The van der Waals surface area contributed by atoms with Crippen molar-refractivity contribution in [3.8, 4) is 11.8 Å². The first-order valence-electron chi connectivity index (χ1n) is 9.49. The molecule has 0 spiro atoms. The Labute approximate surface area is 163 Å². The van der Waals surface area contributed by atoms with Crippen LogP contribution >= 0.6 is 0 Å². The number of halogens is 1. The van der Waals surface area contributed by atoms with Gasteiger partial charge in [-0.3, -0.25) is 0 Å². The highest BCUT2D eigenvalue weighted by molar-refractivity contribution is 5.93. The van der Waals surface area contributed by atoms with Crippen LogP contribution in [-0.2, 0) is 11.3 Å². The zero-order valence-electron chi connectivity index (χ0n) is 15.6. The highest BCUT2D eigenvalue weighted by atomic mass is 19.1. The number of hydrogen-bond donors (Lipinski definition) is 0. The van der Waals surface area contributed by atoms with Crippen molar-refractivity contribution in [3.63, 3.8) is 0 Å². The van der Waals surface area contributed by atoms with Gasteiger partial charge in [0.05, 0.1) is 18.2 Å². The van der Waals surface area contributed by atoms with Gasteiger partial charge in [-0.05, 0) is 60.6 Å². The minimum atomic E-state index is -0.391. The predicted molar refractivity (Wildman–Crippen MR) is 102 cm³/mol. The Morgan fingerprint density at radius 3 is 2.75 bits per heavy atom. The zero-order valence-corrected chi connectivity index (χ0v) is 15.6. The first-order valence-corrected chi connectivity index (χ1v) is 9.49. The van der Waals surface area contributed by atoms with Gasteiger partial charge in [-0.1, -0.05) is 13.0 Å². The van der Waals surface area contributed by atoms with Crippen molar-refractivity contribution >= 4 is 11.5 Å². The minimum absolute atomic E-state index is 0.188. The number of rotatable bonds is 4. The highest BCUT2D eigenvalue weighted by Gasteiger charge is 2.32. The smallest absolute Gasteiger partial charge is 0.338 e. The van der Waals surface area contributed by atoms with Crippen molar-refractivity contribution in [1.29, 1.82) is 5.26 Å². The summed E-state index contributed by atoms with van der Waals surface area (Å²) >= 11 is 0. The van der Waals surface area contributed by atoms with Gasteiger partial charge in [0, 0.05) is 22.8 Å². The summed E-state index contributed by atoms with van der Waals surface area (Å²) in [5, 5.41) is 9.83. The largest absolute Gasteiger partial charge is 0.488 e. The molecule has 1 saturated carbocycles. The number of carbonyl (C=O) groups is 1. The molecule has 2 aromatic rings. The van der Waals surface area contributed by atoms with E-state index in [0.29, 0.717) is 29.1 Å². The third kappa shape index (κ3) is 3.38. The molecule has 2 aromatic carbocycles. The topological polar surface area (TPSA) is 59.3 Å². The quantitative estimate of drug-likeness (QED) is 0.554. The van der Waals surface area contributed by atoms with Crippen LogP contribution in [0.5, 0.6) is 5.75 Å². The van der Waals surface area contributed by atoms with E-state index in [1.54, 1.807) is 18.2 Å². The average molecular weight is 377 g/mol. The normalized spacial score (nSPS) is 16.8. The Morgan fingerprint density at radius 1 is 1.25 bits per heavy atom. The van der Waals surface area contributed by atoms with Gasteiger partial charge in [0.1, 0.15) is 18.2 Å². The van der Waals surface area contributed by atoms with Crippen molar-refractivity contribution in [3.05, 3.63) is 70.0 Å². The molecule has 1 fully saturated rings. The van der Waals surface area contributed by atoms with E-state index in [1.165, 1.54) is 12.1 Å². The van der Waals surface area contributed by atoms with Gasteiger partial charge in [0.15, 0.2) is 0 Å². The summed E-state index contributed by atoms with van der Waals surface area (Å²) in [5.74, 6) is -0.142. The number of carbonyl (C=O) groups excluding carboxylic acids is 1. The van der Waals surface area contributed by atoms with Gasteiger partial charge in [-0.2, -0.15) is 5.26 Å². The molecule has 0 radical (unpaired) electrons. The molecular formula is C23H20FNO3. The maximum Gasteiger partial charge on any atom is 0.338 e. The van der Waals surface area contributed by atoms with Gasteiger partial charge in [0.25, 0.3) is 0 Å². The Bertz CT molecular complexity index is 1010. The molecule has 0 saturated heterocycles. The second-order valence-corrected chi connectivity index (χ2v) is 7.11. The van der Waals surface area contributed by atoms with E-state index in [0.717, 1.165) is 36.0 Å². The van der Waals surface area contributed by atoms with E-state index >= 15 is 0 Å². The second-order valence-electron chi connectivity index (χ2n) is 7.11. The summed E-state index contributed by atoms with van der Waals surface area (Å²) in [7, 11) is 0. The lowest BCUT2D eigenvalue weighted by atomic mass is 9.88. The van der Waals surface area contributed by atoms with Gasteiger partial charge >= 0.3 is 5.97 Å². The molecule has 142 valence electrons. The van der Waals surface area contributed by atoms with Crippen molar-refractivity contribution in [2.45, 2.75) is 32.8 Å². The fourth-order valence-electron chi connectivity index (χ4n) is 3.50. The Morgan fingerprint density at radius 2 is 2.04 bits per heavy atom. The molecule has 1 aliphatic carbocycles. The maximum atomic E-state index is 13.8. The van der Waals surface area contributed by atoms with E-state index in [4.69, 9.17) is 9.47 Å². The van der Waals surface area contributed by atoms with Crippen LogP contribution in [0.4, 0.5) is 4.39 Å².